The molecule has 2 spiro atoms. The van der Waals surface area contributed by atoms with Gasteiger partial charge in [-0.15, -0.1) is 11.3 Å². The highest BCUT2D eigenvalue weighted by Gasteiger charge is 2.53. The van der Waals surface area contributed by atoms with Crippen LogP contribution >= 0.6 is 11.3 Å². The second-order valence-corrected chi connectivity index (χ2v) is 35.0. The van der Waals surface area contributed by atoms with E-state index in [1.165, 1.54) is 64.7 Å². The summed E-state index contributed by atoms with van der Waals surface area (Å²) in [5.74, 6) is 4.87. The fourth-order valence-electron chi connectivity index (χ4n) is 21.5. The summed E-state index contributed by atoms with van der Waals surface area (Å²) in [6.45, 7) is 0. The number of nitrogens with zero attached hydrogens (tertiary/aromatic N) is 6. The van der Waals surface area contributed by atoms with Crippen molar-refractivity contribution in [2.24, 2.45) is 0 Å². The van der Waals surface area contributed by atoms with Crippen molar-refractivity contribution in [1.82, 2.24) is 29.9 Å². The molecule has 0 unspecified atom stereocenters. The Morgan fingerprint density at radius 2 is 0.577 bits per heavy atom. The van der Waals surface area contributed by atoms with Crippen LogP contribution in [0.5, 0.6) is 23.0 Å². The minimum absolute atomic E-state index is 0.572. The van der Waals surface area contributed by atoms with Gasteiger partial charge >= 0.3 is 0 Å². The third-order valence-electron chi connectivity index (χ3n) is 27.1. The minimum atomic E-state index is -0.579. The molecule has 0 N–H and O–H groups in total. The molecule has 0 saturated heterocycles. The van der Waals surface area contributed by atoms with Crippen LogP contribution in [0.3, 0.4) is 0 Å². The summed E-state index contributed by atoms with van der Waals surface area (Å²) in [6, 6.07) is 151. The molecule has 130 heavy (non-hydrogen) atoms. The van der Waals surface area contributed by atoms with Crippen LogP contribution in [0.2, 0.25) is 0 Å². The molecule has 6 aromatic heterocycles. The second-order valence-electron chi connectivity index (χ2n) is 34.0. The van der Waals surface area contributed by atoms with Crippen LogP contribution in [0.1, 0.15) is 44.5 Å². The van der Waals surface area contributed by atoms with Crippen LogP contribution in [0.15, 0.2) is 429 Å². The number of para-hydroxylation sites is 7. The summed E-state index contributed by atoms with van der Waals surface area (Å²) in [6.07, 6.45) is 0. The minimum Gasteiger partial charge on any atom is -0.457 e. The Bertz CT molecular complexity index is 8830. The normalized spacial score (nSPS) is 13.2. The number of hydrogen-bond acceptors (Lipinski definition) is 10. The predicted molar refractivity (Wildman–Crippen MR) is 528 cm³/mol. The average Bonchev–Trinajstić information content (AvgIpc) is 1.51. The number of fused-ring (bicyclic) bond motifs is 30. The molecular weight excluding hydrogens is 1610 g/mol. The van der Waals surface area contributed by atoms with Gasteiger partial charge in [0.05, 0.1) is 56.0 Å². The first kappa shape index (κ1) is 73.4. The first-order chi connectivity index (χ1) is 64.4. The van der Waals surface area contributed by atoms with Crippen LogP contribution in [0.4, 0.5) is 0 Å². The zero-order chi connectivity index (χ0) is 85.3. The summed E-state index contributed by atoms with van der Waals surface area (Å²) in [7, 11) is 0. The Labute approximate surface area is 750 Å². The number of furan rings is 1. The monoisotopic (exact) mass is 1670 g/mol. The van der Waals surface area contributed by atoms with Gasteiger partial charge in [0.25, 0.3) is 0 Å². The van der Waals surface area contributed by atoms with E-state index in [0.29, 0.717) is 11.6 Å². The van der Waals surface area contributed by atoms with Crippen molar-refractivity contribution in [2.45, 2.75) is 10.8 Å². The van der Waals surface area contributed by atoms with Gasteiger partial charge < -0.3 is 13.9 Å². The lowest BCUT2D eigenvalue weighted by Crippen LogP contribution is -2.32. The molecule has 9 nitrogen and oxygen atoms in total. The lowest BCUT2D eigenvalue weighted by Gasteiger charge is -2.39. The summed E-state index contributed by atoms with van der Waals surface area (Å²) in [5, 5.41) is 11.3. The summed E-state index contributed by atoms with van der Waals surface area (Å²) in [5.41, 5.74) is 30.1. The van der Waals surface area contributed by atoms with Crippen molar-refractivity contribution in [2.75, 3.05) is 0 Å². The van der Waals surface area contributed by atoms with E-state index in [2.05, 4.69) is 364 Å². The maximum Gasteiger partial charge on any atom is 0.160 e. The molecule has 24 aromatic rings. The fraction of sp³-hybridized carbons (Fsp3) is 0.0167. The van der Waals surface area contributed by atoms with Crippen LogP contribution < -0.4 is 9.47 Å². The van der Waals surface area contributed by atoms with Gasteiger partial charge in [-0.05, 0) is 158 Å². The van der Waals surface area contributed by atoms with Crippen molar-refractivity contribution in [3.05, 3.63) is 469 Å². The number of hydrogen-bond donors (Lipinski definition) is 0. The Hall–Kier alpha value is -16.9. The highest BCUT2D eigenvalue weighted by atomic mass is 32.1. The topological polar surface area (TPSA) is 109 Å². The van der Waals surface area contributed by atoms with Gasteiger partial charge in [-0.25, -0.2) is 29.9 Å². The van der Waals surface area contributed by atoms with Crippen molar-refractivity contribution in [1.29, 1.82) is 0 Å². The Morgan fingerprint density at radius 3 is 1.10 bits per heavy atom. The number of pyridine rings is 2. The number of aromatic nitrogens is 6. The van der Waals surface area contributed by atoms with Crippen LogP contribution in [-0.4, -0.2) is 29.9 Å². The number of rotatable bonds is 8. The SMILES string of the molecule is c1ccc(-c2nc(-c3cccc(-c4nc5ccccc5c5cc6c(cc45)-c4ccccc4C64c5ccccc5Oc5ccccc54)c3)cc(-c3cccc4c3sc3ccccc34)n2)cc1.c1ccc(-c2nc(-c3cccc(-c4nc5ccccc5c5cc6c(cc45)-c4ccccc4C64c5ccccc5Oc5ccccc54)c3)cc(-c3cccc4oc5ccccc5c34)n2)cc1. The zero-order valence-electron chi connectivity index (χ0n) is 69.7. The van der Waals surface area contributed by atoms with Gasteiger partial charge in [0.1, 0.15) is 34.2 Å². The predicted octanol–water partition coefficient (Wildman–Crippen LogP) is 30.9. The fourth-order valence-corrected chi connectivity index (χ4v) is 22.7. The van der Waals surface area contributed by atoms with Gasteiger partial charge in [-0.3, -0.25) is 0 Å². The molecule has 0 bridgehead atoms. The van der Waals surface area contributed by atoms with Crippen molar-refractivity contribution in [3.63, 3.8) is 0 Å². The molecule has 4 aliphatic rings. The number of benzene rings is 18. The molecule has 18 aromatic carbocycles. The van der Waals surface area contributed by atoms with Gasteiger partial charge in [0, 0.05) is 119 Å². The summed E-state index contributed by atoms with van der Waals surface area (Å²) >= 11 is 1.82. The van der Waals surface area contributed by atoms with E-state index in [0.717, 1.165) is 189 Å². The lowest BCUT2D eigenvalue weighted by atomic mass is 9.66. The van der Waals surface area contributed by atoms with Crippen molar-refractivity contribution in [3.8, 4) is 136 Å². The first-order valence-corrected chi connectivity index (χ1v) is 44.8. The van der Waals surface area contributed by atoms with E-state index in [9.17, 15) is 0 Å². The molecule has 28 rings (SSSR count). The smallest absolute Gasteiger partial charge is 0.160 e. The Balaban J connectivity index is 0.000000134. The van der Waals surface area contributed by atoms with Gasteiger partial charge in [0.2, 0.25) is 0 Å². The maximum absolute atomic E-state index is 6.65. The molecule has 2 aliphatic heterocycles. The molecular formula is C120H70N6O3S. The molecule has 0 atom stereocenters. The van der Waals surface area contributed by atoms with Crippen LogP contribution in [0.25, 0.3) is 198 Å². The Kier molecular flexibility index (Phi) is 16.3. The van der Waals surface area contributed by atoms with Gasteiger partial charge in [-0.1, -0.05) is 322 Å². The lowest BCUT2D eigenvalue weighted by molar-refractivity contribution is 0.436. The molecule has 2 aliphatic carbocycles. The second kappa shape index (κ2) is 28.8. The number of thiophene rings is 1. The van der Waals surface area contributed by atoms with Crippen LogP contribution in [-0.2, 0) is 10.8 Å². The van der Waals surface area contributed by atoms with Gasteiger partial charge in [0.15, 0.2) is 11.6 Å². The third-order valence-corrected chi connectivity index (χ3v) is 28.3. The third kappa shape index (κ3) is 11.0. The molecule has 0 fully saturated rings. The highest BCUT2D eigenvalue weighted by Crippen LogP contribution is 2.65. The molecule has 0 saturated carbocycles. The summed E-state index contributed by atoms with van der Waals surface area (Å²) < 4.78 is 22.1. The van der Waals surface area contributed by atoms with E-state index in [4.69, 9.17) is 43.8 Å². The molecule has 10 heteroatoms. The van der Waals surface area contributed by atoms with E-state index < -0.39 is 10.8 Å². The zero-order valence-corrected chi connectivity index (χ0v) is 70.5. The van der Waals surface area contributed by atoms with E-state index in [1.54, 1.807) is 0 Å². The average molecular weight is 1680 g/mol. The van der Waals surface area contributed by atoms with E-state index in [-0.39, 0.29) is 0 Å². The van der Waals surface area contributed by atoms with Crippen molar-refractivity contribution < 1.29 is 13.9 Å². The van der Waals surface area contributed by atoms with Crippen LogP contribution in [0, 0.1) is 0 Å². The molecule has 0 amide bonds. The molecule has 8 heterocycles. The quantitative estimate of drug-likeness (QED) is 0.137. The first-order valence-electron chi connectivity index (χ1n) is 44.0. The maximum atomic E-state index is 6.65. The summed E-state index contributed by atoms with van der Waals surface area (Å²) in [4.78, 5) is 32.0. The van der Waals surface area contributed by atoms with Gasteiger partial charge in [-0.2, -0.15) is 0 Å². The van der Waals surface area contributed by atoms with E-state index in [1.807, 2.05) is 72.0 Å². The van der Waals surface area contributed by atoms with E-state index >= 15 is 0 Å². The highest BCUT2D eigenvalue weighted by molar-refractivity contribution is 7.26. The molecule has 604 valence electrons. The standard InChI is InChI=1S/C60H35N3O2.C60H35N3OS/c1-2-16-36(17-3-1)59-62-51(35-52(63-59)41-23-15-31-56-57(41)42-22-6-11-28-53(42)64-56)37-18-14-19-38(32-37)58-45-33-44-39-20-4-7-24-46(39)60(49(44)34-43(45)40-21-5-10-27-50(40)61-58)47-25-8-12-29-54(47)65-55-30-13-9-26-48(55)60;1-2-16-36(17-3-1)59-62-52(35-53(63-59)43-24-15-23-42-41-22-6-13-31-56(41)65-58(42)43)37-18-14-19-38(32-37)57-46-33-45-39-20-4-7-25-47(39)60(50(45)34-44(46)40-21-5-10-28-51(40)61-57)48-26-8-11-29-54(48)64-55-30-12-9-27-49(55)60/h2*1-35H. The molecule has 0 radical (unpaired) electrons. The number of ether oxygens (including phenoxy) is 2. The largest absolute Gasteiger partial charge is 0.457 e. The van der Waals surface area contributed by atoms with Crippen molar-refractivity contribution >= 4 is 96.8 Å². The Morgan fingerprint density at radius 1 is 0.208 bits per heavy atom.